The molecular formula is C71H132N3O25P. The van der Waals surface area contributed by atoms with Crippen LogP contribution in [0.2, 0.25) is 0 Å². The monoisotopic (exact) mass is 1460 g/mol. The number of hydrogen-bond acceptors (Lipinski definition) is 25. The molecule has 3 aliphatic heterocycles. The molecule has 0 spiro atoms. The average molecular weight is 1460 g/mol. The molecule has 0 aromatic carbocycles. The van der Waals surface area contributed by atoms with Crippen molar-refractivity contribution in [1.29, 1.82) is 0 Å². The van der Waals surface area contributed by atoms with Crippen molar-refractivity contribution in [2.45, 2.75) is 363 Å². The molecule has 11 N–H and O–H groups in total. The highest BCUT2D eigenvalue weighted by Crippen LogP contribution is 2.48. The molecule has 3 saturated heterocycles. The first-order valence-corrected chi connectivity index (χ1v) is 39.5. The molecule has 3 amide bonds. The first-order valence-electron chi connectivity index (χ1n) is 38.0. The second-order valence-electron chi connectivity index (χ2n) is 27.1. The van der Waals surface area contributed by atoms with Crippen LogP contribution in [0.4, 0.5) is 0 Å². The molecule has 28 nitrogen and oxygen atoms in total. The van der Waals surface area contributed by atoms with E-state index in [1.54, 1.807) is 0 Å². The van der Waals surface area contributed by atoms with Crippen molar-refractivity contribution < 1.29 is 121 Å². The van der Waals surface area contributed by atoms with Gasteiger partial charge < -0.3 is 94.7 Å². The van der Waals surface area contributed by atoms with E-state index in [-0.39, 0.29) is 76.8 Å². The zero-order valence-corrected chi connectivity index (χ0v) is 61.9. The minimum absolute atomic E-state index is 0.0513. The molecule has 100 heavy (non-hydrogen) atoms. The van der Waals surface area contributed by atoms with Crippen LogP contribution in [0.15, 0.2) is 0 Å². The van der Waals surface area contributed by atoms with Crippen LogP contribution in [-0.2, 0) is 80.0 Å². The Morgan fingerprint density at radius 2 is 0.910 bits per heavy atom. The van der Waals surface area contributed by atoms with E-state index in [0.29, 0.717) is 25.7 Å². The summed E-state index contributed by atoms with van der Waals surface area (Å²) in [7, 11) is -3.11. The third-order valence-corrected chi connectivity index (χ3v) is 19.8. The van der Waals surface area contributed by atoms with Crippen molar-refractivity contribution in [2.24, 2.45) is 0 Å². The SMILES string of the molecule is CCCCCCCCCCCCCCCCCC(=O)OC[C@H](COP(=O)(OC)OCCNC(=O)CCCCC(=O)NCCCO[C@@H]1OC(CO)[C@H](O)[C@H](O[C@H]2OC(CO)[C@H](O)[C@H](O)C2NC(C)=O)C1O[C@@H]1OC(C)[C@@H](O)[C@H](O)C1O)OC(=O)CCCCCCCCCCCCCCCCC. The Bertz CT molecular complexity index is 2200. The summed E-state index contributed by atoms with van der Waals surface area (Å²) in [5, 5.41) is 92.9. The standard InChI is InChI=1S/C71H132N3O25P/c1-6-8-10-12-14-16-18-20-22-24-26-28-30-32-34-41-58(80)91-49-53(95-59(81)42-35-33-31-29-27-25-23-21-19-17-15-13-11-9-7-2)50-93-100(88,89-5)92-46-44-73-57(79)40-37-36-39-56(78)72-43-38-45-90-71-68(99-70-66(87)65(86)61(82)51(3)94-70)67(63(84)55(48-76)97-71)98-69-60(74-52(4)77)64(85)62(83)54(47-75)96-69/h51,53-55,60-71,75-76,82-87H,6-50H2,1-5H3,(H,72,78)(H,73,79)(H,74,77)/t51?,53-,54?,55?,60?,61-,62+,63+,64-,65+,66?,67+,68?,69-,70+,71-,100?/m1/s1. The maximum atomic E-state index is 13.5. The number of aliphatic hydroxyl groups excluding tert-OH is 8. The van der Waals surface area contributed by atoms with Gasteiger partial charge in [-0.05, 0) is 39.0 Å². The molecule has 3 aliphatic rings. The molecule has 0 bridgehead atoms. The molecule has 7 unspecified atom stereocenters. The van der Waals surface area contributed by atoms with Gasteiger partial charge >= 0.3 is 19.8 Å². The van der Waals surface area contributed by atoms with Gasteiger partial charge in [0.1, 0.15) is 73.7 Å². The van der Waals surface area contributed by atoms with Gasteiger partial charge in [0.25, 0.3) is 0 Å². The fourth-order valence-corrected chi connectivity index (χ4v) is 13.3. The number of carbonyl (C=O) groups is 5. The molecule has 0 aromatic rings. The van der Waals surface area contributed by atoms with Crippen molar-refractivity contribution >= 4 is 37.5 Å². The first-order chi connectivity index (χ1) is 48.2. The van der Waals surface area contributed by atoms with Crippen LogP contribution in [0, 0.1) is 0 Å². The molecule has 0 radical (unpaired) electrons. The van der Waals surface area contributed by atoms with E-state index in [0.717, 1.165) is 52.6 Å². The lowest BCUT2D eigenvalue weighted by Crippen LogP contribution is -2.68. The number of esters is 2. The van der Waals surface area contributed by atoms with Gasteiger partial charge in [0.2, 0.25) is 17.7 Å². The predicted molar refractivity (Wildman–Crippen MR) is 371 cm³/mol. The van der Waals surface area contributed by atoms with Gasteiger partial charge in [-0.25, -0.2) is 4.57 Å². The van der Waals surface area contributed by atoms with Crippen LogP contribution in [0.25, 0.3) is 0 Å². The van der Waals surface area contributed by atoms with Crippen LogP contribution in [0.1, 0.15) is 265 Å². The van der Waals surface area contributed by atoms with Crippen LogP contribution in [0.3, 0.4) is 0 Å². The summed E-state index contributed by atoms with van der Waals surface area (Å²) in [5.74, 6) is -2.30. The van der Waals surface area contributed by atoms with E-state index >= 15 is 0 Å². The Kier molecular flexibility index (Phi) is 50.4. The lowest BCUT2D eigenvalue weighted by Gasteiger charge is -2.49. The van der Waals surface area contributed by atoms with E-state index in [1.165, 1.54) is 148 Å². The molecule has 3 heterocycles. The highest BCUT2D eigenvalue weighted by Gasteiger charge is 2.54. The number of nitrogens with one attached hydrogen (secondary N) is 3. The Morgan fingerprint density at radius 3 is 1.40 bits per heavy atom. The van der Waals surface area contributed by atoms with Crippen LogP contribution in [0.5, 0.6) is 0 Å². The number of ether oxygens (including phenoxy) is 8. The summed E-state index contributed by atoms with van der Waals surface area (Å²) >= 11 is 0. The van der Waals surface area contributed by atoms with Crippen molar-refractivity contribution in [3.8, 4) is 0 Å². The smallest absolute Gasteiger partial charge is 0.462 e. The summed E-state index contributed by atoms with van der Waals surface area (Å²) in [6.07, 6.45) is 13.6. The van der Waals surface area contributed by atoms with Crippen LogP contribution >= 0.6 is 7.82 Å². The lowest BCUT2D eigenvalue weighted by molar-refractivity contribution is -0.385. The Morgan fingerprint density at radius 1 is 0.460 bits per heavy atom. The van der Waals surface area contributed by atoms with Crippen LogP contribution in [-0.4, -0.2) is 229 Å². The second kappa shape index (κ2) is 55.4. The van der Waals surface area contributed by atoms with E-state index < -0.39 is 144 Å². The normalized spacial score (nSPS) is 26.4. The number of hydrogen-bond donors (Lipinski definition) is 11. The fourth-order valence-electron chi connectivity index (χ4n) is 12.3. The minimum Gasteiger partial charge on any atom is -0.462 e. The number of phosphoric acid groups is 1. The zero-order chi connectivity index (χ0) is 73.3. The maximum Gasteiger partial charge on any atom is 0.474 e. The third kappa shape index (κ3) is 38.3. The van der Waals surface area contributed by atoms with Crippen molar-refractivity contribution in [2.75, 3.05) is 59.8 Å². The van der Waals surface area contributed by atoms with Crippen molar-refractivity contribution in [3.05, 3.63) is 0 Å². The van der Waals surface area contributed by atoms with Crippen molar-refractivity contribution in [3.63, 3.8) is 0 Å². The van der Waals surface area contributed by atoms with Gasteiger partial charge in [-0.2, -0.15) is 0 Å². The maximum absolute atomic E-state index is 13.5. The number of phosphoric ester groups is 1. The molecule has 0 aliphatic carbocycles. The summed E-state index contributed by atoms with van der Waals surface area (Å²) in [6, 6.07) is -1.49. The molecule has 3 rings (SSSR count). The van der Waals surface area contributed by atoms with Gasteiger partial charge in [-0.15, -0.1) is 0 Å². The highest BCUT2D eigenvalue weighted by atomic mass is 31.2. The summed E-state index contributed by atoms with van der Waals surface area (Å²) in [5.41, 5.74) is 0. The number of aliphatic hydroxyl groups is 8. The summed E-state index contributed by atoms with van der Waals surface area (Å²) < 4.78 is 76.4. The minimum atomic E-state index is -4.24. The van der Waals surface area contributed by atoms with E-state index in [1.807, 2.05) is 0 Å². The van der Waals surface area contributed by atoms with E-state index in [4.69, 9.17) is 51.5 Å². The number of unbranched alkanes of at least 4 members (excludes halogenated alkanes) is 29. The molecule has 586 valence electrons. The number of rotatable bonds is 60. The highest BCUT2D eigenvalue weighted by molar-refractivity contribution is 7.48. The molecule has 17 atom stereocenters. The number of amides is 3. The Balaban J connectivity index is 1.43. The van der Waals surface area contributed by atoms with Crippen molar-refractivity contribution in [1.82, 2.24) is 16.0 Å². The average Bonchev–Trinajstić information content (AvgIpc) is 0.774. The van der Waals surface area contributed by atoms with Gasteiger partial charge in [-0.1, -0.05) is 194 Å². The van der Waals surface area contributed by atoms with Gasteiger partial charge in [0, 0.05) is 52.8 Å². The Hall–Kier alpha value is -3.10. The quantitative estimate of drug-likeness (QED) is 0.0159. The number of carbonyl (C=O) groups excluding carboxylic acids is 5. The van der Waals surface area contributed by atoms with Gasteiger partial charge in [-0.3, -0.25) is 37.5 Å². The van der Waals surface area contributed by atoms with Crippen LogP contribution < -0.4 is 16.0 Å². The van der Waals surface area contributed by atoms with E-state index in [9.17, 15) is 69.4 Å². The molecular weight excluding hydrogens is 1330 g/mol. The fraction of sp³-hybridized carbons (Fsp3) is 0.930. The molecule has 0 aromatic heterocycles. The third-order valence-electron chi connectivity index (χ3n) is 18.4. The summed E-state index contributed by atoms with van der Waals surface area (Å²) in [4.78, 5) is 63.7. The Labute approximate surface area is 595 Å². The molecule has 0 saturated carbocycles. The largest absolute Gasteiger partial charge is 0.474 e. The molecule has 29 heteroatoms. The topological polar surface area (TPSA) is 402 Å². The van der Waals surface area contributed by atoms with Gasteiger partial charge in [0.05, 0.1) is 39.1 Å². The van der Waals surface area contributed by atoms with Gasteiger partial charge in [0.15, 0.2) is 25.0 Å². The lowest BCUT2D eigenvalue weighted by atomic mass is 9.95. The first kappa shape index (κ1) is 91.1. The molecule has 3 fully saturated rings. The second-order valence-corrected chi connectivity index (χ2v) is 28.9. The predicted octanol–water partition coefficient (Wildman–Crippen LogP) is 7.57. The van der Waals surface area contributed by atoms with E-state index in [2.05, 4.69) is 29.8 Å². The summed E-state index contributed by atoms with van der Waals surface area (Å²) in [6.45, 7) is 4.22. The zero-order valence-electron chi connectivity index (χ0n) is 61.0.